The minimum absolute atomic E-state index is 0.0980. The number of aromatic nitrogens is 1. The van der Waals surface area contributed by atoms with E-state index in [1.807, 2.05) is 36.2 Å². The Balaban J connectivity index is 1.70. The Morgan fingerprint density at radius 3 is 2.91 bits per heavy atom. The van der Waals surface area contributed by atoms with Crippen LogP contribution in [0.25, 0.3) is 10.6 Å². The monoisotopic (exact) mass is 331 g/mol. The minimum atomic E-state index is 0.0980. The number of carbonyl (C=O) groups is 1. The lowest BCUT2D eigenvalue weighted by molar-refractivity contribution is 0.0791. The highest BCUT2D eigenvalue weighted by molar-refractivity contribution is 7.16. The number of thiazole rings is 1. The van der Waals surface area contributed by atoms with Crippen molar-refractivity contribution in [3.8, 4) is 16.3 Å². The van der Waals surface area contributed by atoms with Crippen molar-refractivity contribution in [2.75, 3.05) is 33.8 Å². The van der Waals surface area contributed by atoms with Gasteiger partial charge < -0.3 is 15.0 Å². The van der Waals surface area contributed by atoms with Crippen LogP contribution in [-0.2, 0) is 0 Å². The lowest BCUT2D eigenvalue weighted by Gasteiger charge is -2.15. The molecule has 1 aliphatic rings. The standard InChI is InChI=1S/C17H21N3O2S/c1-18-9-12-7-8-20(11-12)17(21)15-10-19-16(23-15)13-3-5-14(22-2)6-4-13/h3-6,10,12,18H,7-9,11H2,1-2H3. The second kappa shape index (κ2) is 7.10. The summed E-state index contributed by atoms with van der Waals surface area (Å²) < 4.78 is 5.16. The van der Waals surface area contributed by atoms with E-state index in [1.54, 1.807) is 13.3 Å². The van der Waals surface area contributed by atoms with E-state index in [1.165, 1.54) is 11.3 Å². The normalized spacial score (nSPS) is 17.5. The molecule has 1 N–H and O–H groups in total. The molecule has 1 aromatic carbocycles. The largest absolute Gasteiger partial charge is 0.497 e. The smallest absolute Gasteiger partial charge is 0.265 e. The molecule has 0 bridgehead atoms. The van der Waals surface area contributed by atoms with Crippen molar-refractivity contribution in [2.24, 2.45) is 5.92 Å². The first-order valence-electron chi connectivity index (χ1n) is 7.75. The van der Waals surface area contributed by atoms with Crippen LogP contribution >= 0.6 is 11.3 Å². The number of nitrogens with zero attached hydrogens (tertiary/aromatic N) is 2. The Bertz CT molecular complexity index is 669. The number of hydrogen-bond donors (Lipinski definition) is 1. The fraction of sp³-hybridized carbons (Fsp3) is 0.412. The zero-order valence-electron chi connectivity index (χ0n) is 13.4. The summed E-state index contributed by atoms with van der Waals surface area (Å²) in [5, 5.41) is 4.05. The first-order valence-corrected chi connectivity index (χ1v) is 8.57. The van der Waals surface area contributed by atoms with Crippen LogP contribution in [0.15, 0.2) is 30.5 Å². The number of rotatable bonds is 5. The first-order chi connectivity index (χ1) is 11.2. The molecule has 1 aliphatic heterocycles. The topological polar surface area (TPSA) is 54.5 Å². The molecule has 1 unspecified atom stereocenters. The van der Waals surface area contributed by atoms with Crippen molar-refractivity contribution < 1.29 is 9.53 Å². The molecule has 23 heavy (non-hydrogen) atoms. The van der Waals surface area contributed by atoms with E-state index in [4.69, 9.17) is 4.74 Å². The number of methoxy groups -OCH3 is 1. The Kier molecular flexibility index (Phi) is 4.93. The zero-order valence-corrected chi connectivity index (χ0v) is 14.2. The summed E-state index contributed by atoms with van der Waals surface area (Å²) in [5.74, 6) is 1.47. The van der Waals surface area contributed by atoms with Crippen molar-refractivity contribution >= 4 is 17.2 Å². The zero-order chi connectivity index (χ0) is 16.2. The number of amides is 1. The van der Waals surface area contributed by atoms with Gasteiger partial charge in [-0.3, -0.25) is 4.79 Å². The highest BCUT2D eigenvalue weighted by Gasteiger charge is 2.27. The third-order valence-electron chi connectivity index (χ3n) is 4.12. The number of nitrogens with one attached hydrogen (secondary N) is 1. The Labute approximate surface area is 140 Å². The van der Waals surface area contributed by atoms with Crippen LogP contribution in [0.1, 0.15) is 16.1 Å². The van der Waals surface area contributed by atoms with Gasteiger partial charge in [-0.15, -0.1) is 11.3 Å². The third-order valence-corrected chi connectivity index (χ3v) is 5.15. The minimum Gasteiger partial charge on any atom is -0.497 e. The molecule has 0 aliphatic carbocycles. The van der Waals surface area contributed by atoms with Crippen molar-refractivity contribution in [3.05, 3.63) is 35.3 Å². The van der Waals surface area contributed by atoms with Gasteiger partial charge in [-0.2, -0.15) is 0 Å². The summed E-state index contributed by atoms with van der Waals surface area (Å²) in [7, 11) is 3.60. The SMILES string of the molecule is CNCC1CCN(C(=O)c2cnc(-c3ccc(OC)cc3)s2)C1. The average molecular weight is 331 g/mol. The van der Waals surface area contributed by atoms with E-state index in [0.717, 1.165) is 42.4 Å². The molecule has 122 valence electrons. The van der Waals surface area contributed by atoms with Crippen LogP contribution in [0.4, 0.5) is 0 Å². The molecule has 1 saturated heterocycles. The van der Waals surface area contributed by atoms with E-state index < -0.39 is 0 Å². The van der Waals surface area contributed by atoms with Gasteiger partial charge in [-0.05, 0) is 50.2 Å². The molecule has 1 amide bonds. The molecule has 1 fully saturated rings. The summed E-state index contributed by atoms with van der Waals surface area (Å²) in [6.07, 6.45) is 2.76. The number of benzene rings is 1. The fourth-order valence-corrected chi connectivity index (χ4v) is 3.76. The quantitative estimate of drug-likeness (QED) is 0.915. The van der Waals surface area contributed by atoms with Gasteiger partial charge >= 0.3 is 0 Å². The summed E-state index contributed by atoms with van der Waals surface area (Å²) in [6.45, 7) is 2.62. The van der Waals surface area contributed by atoms with Crippen LogP contribution in [0, 0.1) is 5.92 Å². The maximum absolute atomic E-state index is 12.6. The van der Waals surface area contributed by atoms with Gasteiger partial charge in [0.1, 0.15) is 15.6 Å². The van der Waals surface area contributed by atoms with Gasteiger partial charge in [0.25, 0.3) is 5.91 Å². The molecule has 2 aromatic rings. The summed E-state index contributed by atoms with van der Waals surface area (Å²) in [4.78, 5) is 19.7. The van der Waals surface area contributed by atoms with E-state index in [9.17, 15) is 4.79 Å². The molecule has 5 nitrogen and oxygen atoms in total. The molecule has 1 aromatic heterocycles. The van der Waals surface area contributed by atoms with Crippen LogP contribution in [-0.4, -0.2) is 49.6 Å². The van der Waals surface area contributed by atoms with Gasteiger partial charge in [0.2, 0.25) is 0 Å². The Morgan fingerprint density at radius 2 is 2.22 bits per heavy atom. The fourth-order valence-electron chi connectivity index (χ4n) is 2.87. The van der Waals surface area contributed by atoms with Gasteiger partial charge in [0, 0.05) is 18.7 Å². The lowest BCUT2D eigenvalue weighted by atomic mass is 10.1. The summed E-state index contributed by atoms with van der Waals surface area (Å²) in [5.41, 5.74) is 1.00. The second-order valence-electron chi connectivity index (χ2n) is 5.72. The van der Waals surface area contributed by atoms with E-state index in [2.05, 4.69) is 10.3 Å². The lowest BCUT2D eigenvalue weighted by Crippen LogP contribution is -2.29. The molecule has 2 heterocycles. The molecule has 6 heteroatoms. The van der Waals surface area contributed by atoms with Gasteiger partial charge in [-0.1, -0.05) is 0 Å². The Morgan fingerprint density at radius 1 is 1.43 bits per heavy atom. The van der Waals surface area contributed by atoms with Gasteiger partial charge in [-0.25, -0.2) is 4.98 Å². The van der Waals surface area contributed by atoms with E-state index in [-0.39, 0.29) is 5.91 Å². The van der Waals surface area contributed by atoms with Crippen LogP contribution < -0.4 is 10.1 Å². The van der Waals surface area contributed by atoms with Crippen molar-refractivity contribution in [1.82, 2.24) is 15.2 Å². The van der Waals surface area contributed by atoms with Crippen molar-refractivity contribution in [3.63, 3.8) is 0 Å². The Hall–Kier alpha value is -1.92. The summed E-state index contributed by atoms with van der Waals surface area (Å²) in [6, 6.07) is 7.73. The highest BCUT2D eigenvalue weighted by Crippen LogP contribution is 2.28. The van der Waals surface area contributed by atoms with Crippen molar-refractivity contribution in [2.45, 2.75) is 6.42 Å². The molecular weight excluding hydrogens is 310 g/mol. The predicted molar refractivity (Wildman–Crippen MR) is 92.0 cm³/mol. The third kappa shape index (κ3) is 3.54. The van der Waals surface area contributed by atoms with E-state index in [0.29, 0.717) is 10.8 Å². The second-order valence-corrected chi connectivity index (χ2v) is 6.75. The number of likely N-dealkylation sites (tertiary alicyclic amines) is 1. The molecule has 0 spiro atoms. The first kappa shape index (κ1) is 16.0. The molecule has 1 atom stereocenters. The van der Waals surface area contributed by atoms with Crippen LogP contribution in [0.3, 0.4) is 0 Å². The molecular formula is C17H21N3O2S. The molecule has 0 saturated carbocycles. The number of carbonyl (C=O) groups excluding carboxylic acids is 1. The molecule has 0 radical (unpaired) electrons. The van der Waals surface area contributed by atoms with Crippen molar-refractivity contribution in [1.29, 1.82) is 0 Å². The van der Waals surface area contributed by atoms with Crippen LogP contribution in [0.2, 0.25) is 0 Å². The summed E-state index contributed by atoms with van der Waals surface area (Å²) >= 11 is 1.45. The number of ether oxygens (including phenoxy) is 1. The average Bonchev–Trinajstić information content (AvgIpc) is 3.24. The predicted octanol–water partition coefficient (Wildman–Crippen LogP) is 2.50. The molecule has 3 rings (SSSR count). The highest BCUT2D eigenvalue weighted by atomic mass is 32.1. The van der Waals surface area contributed by atoms with Gasteiger partial charge in [0.15, 0.2) is 0 Å². The maximum atomic E-state index is 12.6. The van der Waals surface area contributed by atoms with E-state index >= 15 is 0 Å². The maximum Gasteiger partial charge on any atom is 0.265 e. The van der Waals surface area contributed by atoms with Crippen LogP contribution in [0.5, 0.6) is 5.75 Å². The number of hydrogen-bond acceptors (Lipinski definition) is 5. The van der Waals surface area contributed by atoms with Gasteiger partial charge in [0.05, 0.1) is 13.3 Å².